The van der Waals surface area contributed by atoms with Gasteiger partial charge in [0.25, 0.3) is 13.6 Å². The third-order valence-electron chi connectivity index (χ3n) is 5.99. The number of anilines is 2. The molecule has 35 heavy (non-hydrogen) atoms. The van der Waals surface area contributed by atoms with Crippen molar-refractivity contribution in [1.29, 1.82) is 0 Å². The van der Waals surface area contributed by atoms with E-state index in [1.807, 2.05) is 24.4 Å². The van der Waals surface area contributed by atoms with E-state index >= 15 is 0 Å². The molecule has 0 saturated carbocycles. The number of nitrogen functional groups attached to an aromatic ring is 1. The molecule has 0 radical (unpaired) electrons. The van der Waals surface area contributed by atoms with Crippen LogP contribution in [0, 0.1) is 0 Å². The van der Waals surface area contributed by atoms with Crippen molar-refractivity contribution < 1.29 is 28.0 Å². The highest BCUT2D eigenvalue weighted by atomic mass is 31.2. The molecule has 10 nitrogen and oxygen atoms in total. The lowest BCUT2D eigenvalue weighted by molar-refractivity contribution is -0.712. The molecule has 3 N–H and O–H groups in total. The molecule has 2 unspecified atom stereocenters. The van der Waals surface area contributed by atoms with Crippen molar-refractivity contribution in [3.63, 3.8) is 0 Å². The first-order valence-electron chi connectivity index (χ1n) is 11.1. The third kappa shape index (κ3) is 5.26. The van der Waals surface area contributed by atoms with Crippen LogP contribution in [0.15, 0.2) is 77.6 Å². The maximum absolute atomic E-state index is 10.9. The Morgan fingerprint density at radius 1 is 1.23 bits per heavy atom. The molecule has 1 aliphatic rings. The summed E-state index contributed by atoms with van der Waals surface area (Å²) in [5.41, 5.74) is 9.64. The number of nitrogens with zero attached hydrogens (tertiary/aromatic N) is 4. The molecule has 4 aromatic rings. The highest BCUT2D eigenvalue weighted by Crippen LogP contribution is 2.36. The second-order valence-corrected chi connectivity index (χ2v) is 9.49. The SMILES string of the molecule is Nc1c(-c2cc(Cc3ccc(N4CCC4c4ccccc4)nc3)no2)ccc[n+]1COP(=O)([O-])O. The van der Waals surface area contributed by atoms with E-state index in [0.29, 0.717) is 29.5 Å². The van der Waals surface area contributed by atoms with Gasteiger partial charge in [0, 0.05) is 25.2 Å². The lowest BCUT2D eigenvalue weighted by atomic mass is 9.95. The first kappa shape index (κ1) is 23.2. The predicted molar refractivity (Wildman–Crippen MR) is 126 cm³/mol. The third-order valence-corrected chi connectivity index (χ3v) is 6.43. The summed E-state index contributed by atoms with van der Waals surface area (Å²) in [6.45, 7) is 0.519. The van der Waals surface area contributed by atoms with E-state index in [4.69, 9.17) is 15.2 Å². The molecule has 180 valence electrons. The Kier molecular flexibility index (Phi) is 6.36. The summed E-state index contributed by atoms with van der Waals surface area (Å²) in [5.74, 6) is 1.58. The number of hydrogen-bond donors (Lipinski definition) is 2. The maximum Gasteiger partial charge on any atom is 0.285 e. The topological polar surface area (TPSA) is 142 Å². The summed E-state index contributed by atoms with van der Waals surface area (Å²) >= 11 is 0. The van der Waals surface area contributed by atoms with Gasteiger partial charge in [0.05, 0.1) is 17.9 Å². The highest BCUT2D eigenvalue weighted by molar-refractivity contribution is 7.44. The van der Waals surface area contributed by atoms with Gasteiger partial charge in [0.15, 0.2) is 12.5 Å². The second kappa shape index (κ2) is 9.59. The molecule has 5 rings (SSSR count). The van der Waals surface area contributed by atoms with Crippen LogP contribution in [-0.4, -0.2) is 21.6 Å². The number of pyridine rings is 2. The Morgan fingerprint density at radius 2 is 2.06 bits per heavy atom. The van der Waals surface area contributed by atoms with Gasteiger partial charge in [-0.25, -0.2) is 9.55 Å². The molecule has 0 spiro atoms. The van der Waals surface area contributed by atoms with Gasteiger partial charge in [-0.2, -0.15) is 0 Å². The van der Waals surface area contributed by atoms with Gasteiger partial charge in [-0.3, -0.25) is 14.8 Å². The fourth-order valence-corrected chi connectivity index (χ4v) is 4.40. The van der Waals surface area contributed by atoms with Crippen LogP contribution in [0.2, 0.25) is 0 Å². The van der Waals surface area contributed by atoms with E-state index in [1.54, 1.807) is 18.2 Å². The van der Waals surface area contributed by atoms with Crippen molar-refractivity contribution in [2.45, 2.75) is 25.6 Å². The fraction of sp³-hybridized carbons (Fsp3) is 0.208. The van der Waals surface area contributed by atoms with E-state index in [2.05, 4.69) is 43.8 Å². The zero-order chi connectivity index (χ0) is 24.4. The number of phosphoric ester groups is 1. The number of nitrogens with two attached hydrogens (primary N) is 1. The van der Waals surface area contributed by atoms with Gasteiger partial charge in [0.2, 0.25) is 0 Å². The van der Waals surface area contributed by atoms with E-state index < -0.39 is 14.6 Å². The Morgan fingerprint density at radius 3 is 2.74 bits per heavy atom. The Balaban J connectivity index is 1.26. The molecular weight excluding hydrogens is 469 g/mol. The fourth-order valence-electron chi connectivity index (χ4n) is 4.13. The van der Waals surface area contributed by atoms with Gasteiger partial charge >= 0.3 is 0 Å². The summed E-state index contributed by atoms with van der Waals surface area (Å²) in [5, 5.41) is 4.14. The second-order valence-electron chi connectivity index (χ2n) is 8.30. The monoisotopic (exact) mass is 493 g/mol. The standard InChI is InChI=1S/C24H24N5O5P/c25-24-20(7-4-11-28(24)16-33-35(30,31)32)22-14-19(27-34-22)13-17-8-9-23(26-15-17)29-12-10-21(29)18-5-2-1-3-6-18/h1-9,11,14-15,21,25H,10,12-13,16H2,(H2,30,31,32). The molecule has 3 aromatic heterocycles. The lowest BCUT2D eigenvalue weighted by Gasteiger charge is -2.42. The average Bonchev–Trinajstić information content (AvgIpc) is 3.27. The summed E-state index contributed by atoms with van der Waals surface area (Å²) in [6.07, 6.45) is 5.01. The maximum atomic E-state index is 10.9. The first-order valence-corrected chi connectivity index (χ1v) is 12.6. The van der Waals surface area contributed by atoms with Crippen LogP contribution in [0.25, 0.3) is 11.3 Å². The number of hydrogen-bond acceptors (Lipinski definition) is 8. The van der Waals surface area contributed by atoms with Crippen molar-refractivity contribution >= 4 is 19.5 Å². The highest BCUT2D eigenvalue weighted by Gasteiger charge is 2.30. The molecular formula is C24H24N5O5P. The Labute approximate surface area is 201 Å². The van der Waals surface area contributed by atoms with Gasteiger partial charge in [0.1, 0.15) is 11.4 Å². The molecule has 2 atom stereocenters. The number of benzene rings is 1. The van der Waals surface area contributed by atoms with E-state index in [-0.39, 0.29) is 5.82 Å². The summed E-state index contributed by atoms with van der Waals surface area (Å²) in [7, 11) is -4.87. The van der Waals surface area contributed by atoms with Crippen molar-refractivity contribution in [2.75, 3.05) is 17.2 Å². The molecule has 1 saturated heterocycles. The quantitative estimate of drug-likeness (QED) is 0.280. The Hall–Kier alpha value is -3.56. The van der Waals surface area contributed by atoms with Gasteiger partial charge in [-0.15, -0.1) is 0 Å². The van der Waals surface area contributed by atoms with Crippen molar-refractivity contribution in [1.82, 2.24) is 10.1 Å². The van der Waals surface area contributed by atoms with Crippen LogP contribution in [0.3, 0.4) is 0 Å². The van der Waals surface area contributed by atoms with Crippen LogP contribution in [0.1, 0.15) is 29.3 Å². The molecule has 0 bridgehead atoms. The molecule has 11 heteroatoms. The summed E-state index contributed by atoms with van der Waals surface area (Å²) < 4.78 is 22.1. The normalized spacial score (nSPS) is 17.1. The lowest BCUT2D eigenvalue weighted by Crippen LogP contribution is -2.41. The van der Waals surface area contributed by atoms with Crippen LogP contribution < -0.4 is 20.1 Å². The van der Waals surface area contributed by atoms with E-state index in [9.17, 15) is 9.46 Å². The van der Waals surface area contributed by atoms with Crippen LogP contribution in [0.4, 0.5) is 11.6 Å². The zero-order valence-corrected chi connectivity index (χ0v) is 19.6. The smallest absolute Gasteiger partial charge is 0.285 e. The summed E-state index contributed by atoms with van der Waals surface area (Å²) in [6, 6.07) is 20.0. The minimum Gasteiger partial charge on any atom is -0.756 e. The van der Waals surface area contributed by atoms with Crippen LogP contribution in [0.5, 0.6) is 0 Å². The zero-order valence-electron chi connectivity index (χ0n) is 18.7. The van der Waals surface area contributed by atoms with Crippen LogP contribution >= 0.6 is 7.82 Å². The predicted octanol–water partition coefficient (Wildman–Crippen LogP) is 2.58. The summed E-state index contributed by atoms with van der Waals surface area (Å²) in [4.78, 5) is 26.7. The van der Waals surface area contributed by atoms with Crippen molar-refractivity contribution in [3.05, 3.63) is 89.9 Å². The van der Waals surface area contributed by atoms with E-state index in [1.165, 1.54) is 16.3 Å². The first-order chi connectivity index (χ1) is 16.9. The minimum absolute atomic E-state index is 0.206. The van der Waals surface area contributed by atoms with Gasteiger partial charge in [-0.05, 0) is 35.7 Å². The number of rotatable bonds is 8. The average molecular weight is 493 g/mol. The molecule has 0 amide bonds. The van der Waals surface area contributed by atoms with Gasteiger partial charge in [-0.1, -0.05) is 41.6 Å². The molecule has 0 aliphatic carbocycles. The number of phosphoric acid groups is 1. The molecule has 1 fully saturated rings. The van der Waals surface area contributed by atoms with Crippen molar-refractivity contribution in [2.24, 2.45) is 0 Å². The van der Waals surface area contributed by atoms with Crippen LogP contribution in [-0.2, 0) is 22.2 Å². The molecule has 4 heterocycles. The molecule has 1 aliphatic heterocycles. The minimum atomic E-state index is -4.87. The number of aromatic nitrogens is 3. The Bertz CT molecular complexity index is 1360. The molecule has 1 aromatic carbocycles. The van der Waals surface area contributed by atoms with E-state index in [0.717, 1.165) is 24.3 Å². The van der Waals surface area contributed by atoms with Gasteiger partial charge < -0.3 is 19.2 Å². The largest absolute Gasteiger partial charge is 0.756 e. The van der Waals surface area contributed by atoms with Crippen molar-refractivity contribution in [3.8, 4) is 11.3 Å².